The minimum Gasteiger partial charge on any atom is -0.497 e. The second kappa shape index (κ2) is 6.18. The van der Waals surface area contributed by atoms with Crippen LogP contribution < -0.4 is 9.64 Å². The van der Waals surface area contributed by atoms with E-state index in [4.69, 9.17) is 4.74 Å². The molecule has 4 nitrogen and oxygen atoms in total. The SMILES string of the molecule is CCN(CC)c1ncc(-c2ccc(OC)cc2)cn1. The predicted molar refractivity (Wildman–Crippen MR) is 77.6 cm³/mol. The number of hydrogen-bond acceptors (Lipinski definition) is 4. The van der Waals surface area contributed by atoms with Crippen LogP contribution in [0.2, 0.25) is 0 Å². The molecule has 0 radical (unpaired) electrons. The Balaban J connectivity index is 2.21. The Morgan fingerprint density at radius 3 is 2.00 bits per heavy atom. The molecular weight excluding hydrogens is 238 g/mol. The van der Waals surface area contributed by atoms with Crippen molar-refractivity contribution in [2.24, 2.45) is 0 Å². The van der Waals surface area contributed by atoms with Gasteiger partial charge in [-0.2, -0.15) is 0 Å². The lowest BCUT2D eigenvalue weighted by molar-refractivity contribution is 0.415. The normalized spacial score (nSPS) is 10.3. The fourth-order valence-electron chi connectivity index (χ4n) is 1.92. The van der Waals surface area contributed by atoms with E-state index in [1.165, 1.54) is 0 Å². The van der Waals surface area contributed by atoms with Crippen molar-refractivity contribution in [3.63, 3.8) is 0 Å². The van der Waals surface area contributed by atoms with Gasteiger partial charge in [-0.1, -0.05) is 12.1 Å². The molecule has 0 bridgehead atoms. The highest BCUT2D eigenvalue weighted by Gasteiger charge is 2.05. The zero-order valence-electron chi connectivity index (χ0n) is 11.6. The van der Waals surface area contributed by atoms with Gasteiger partial charge in [0.15, 0.2) is 0 Å². The van der Waals surface area contributed by atoms with Gasteiger partial charge in [-0.25, -0.2) is 9.97 Å². The summed E-state index contributed by atoms with van der Waals surface area (Å²) < 4.78 is 5.15. The molecule has 0 spiro atoms. The third kappa shape index (κ3) is 3.02. The fraction of sp³-hybridized carbons (Fsp3) is 0.333. The summed E-state index contributed by atoms with van der Waals surface area (Å²) in [4.78, 5) is 11.0. The largest absolute Gasteiger partial charge is 0.497 e. The van der Waals surface area contributed by atoms with Crippen LogP contribution in [0.15, 0.2) is 36.7 Å². The first kappa shape index (κ1) is 13.3. The van der Waals surface area contributed by atoms with Crippen LogP contribution in [0, 0.1) is 0 Å². The zero-order chi connectivity index (χ0) is 13.7. The Morgan fingerprint density at radius 2 is 1.53 bits per heavy atom. The summed E-state index contributed by atoms with van der Waals surface area (Å²) >= 11 is 0. The molecule has 0 N–H and O–H groups in total. The van der Waals surface area contributed by atoms with Crippen molar-refractivity contribution in [3.8, 4) is 16.9 Å². The lowest BCUT2D eigenvalue weighted by Crippen LogP contribution is -2.23. The molecule has 0 saturated carbocycles. The molecule has 19 heavy (non-hydrogen) atoms. The lowest BCUT2D eigenvalue weighted by atomic mass is 10.1. The maximum atomic E-state index is 5.15. The number of hydrogen-bond donors (Lipinski definition) is 0. The molecule has 0 aliphatic carbocycles. The Labute approximate surface area is 114 Å². The Hall–Kier alpha value is -2.10. The fourth-order valence-corrected chi connectivity index (χ4v) is 1.92. The number of nitrogens with zero attached hydrogens (tertiary/aromatic N) is 3. The van der Waals surface area contributed by atoms with Gasteiger partial charge in [0.25, 0.3) is 0 Å². The van der Waals surface area contributed by atoms with Crippen molar-refractivity contribution in [2.45, 2.75) is 13.8 Å². The lowest BCUT2D eigenvalue weighted by Gasteiger charge is -2.18. The van der Waals surface area contributed by atoms with Crippen LogP contribution in [-0.4, -0.2) is 30.2 Å². The van der Waals surface area contributed by atoms with Crippen molar-refractivity contribution < 1.29 is 4.74 Å². The molecule has 0 atom stereocenters. The minimum atomic E-state index is 0.780. The van der Waals surface area contributed by atoms with E-state index in [2.05, 4.69) is 28.7 Å². The molecule has 0 amide bonds. The molecule has 0 fully saturated rings. The second-order valence-electron chi connectivity index (χ2n) is 4.17. The van der Waals surface area contributed by atoms with E-state index < -0.39 is 0 Å². The summed E-state index contributed by atoms with van der Waals surface area (Å²) in [5.41, 5.74) is 2.10. The van der Waals surface area contributed by atoms with Gasteiger partial charge >= 0.3 is 0 Å². The Bertz CT molecular complexity index is 504. The highest BCUT2D eigenvalue weighted by atomic mass is 16.5. The van der Waals surface area contributed by atoms with Crippen LogP contribution in [0.4, 0.5) is 5.95 Å². The summed E-state index contributed by atoms with van der Waals surface area (Å²) in [6.07, 6.45) is 3.73. The third-order valence-electron chi connectivity index (χ3n) is 3.11. The molecule has 2 rings (SSSR count). The summed E-state index contributed by atoms with van der Waals surface area (Å²) in [6, 6.07) is 7.89. The summed E-state index contributed by atoms with van der Waals surface area (Å²) in [6.45, 7) is 6.03. The number of aromatic nitrogens is 2. The molecule has 100 valence electrons. The van der Waals surface area contributed by atoms with Crippen molar-refractivity contribution in [2.75, 3.05) is 25.1 Å². The summed E-state index contributed by atoms with van der Waals surface area (Å²) in [5, 5.41) is 0. The Morgan fingerprint density at radius 1 is 0.947 bits per heavy atom. The minimum absolute atomic E-state index is 0.780. The average molecular weight is 257 g/mol. The molecule has 0 aliphatic rings. The van der Waals surface area contributed by atoms with E-state index in [0.29, 0.717) is 0 Å². The molecule has 2 aromatic rings. The van der Waals surface area contributed by atoms with Gasteiger partial charge in [0.05, 0.1) is 7.11 Å². The molecule has 0 aliphatic heterocycles. The number of anilines is 1. The van der Waals surface area contributed by atoms with Crippen LogP contribution in [0.3, 0.4) is 0 Å². The van der Waals surface area contributed by atoms with Crippen LogP contribution in [0.1, 0.15) is 13.8 Å². The number of ether oxygens (including phenoxy) is 1. The highest BCUT2D eigenvalue weighted by Crippen LogP contribution is 2.21. The van der Waals surface area contributed by atoms with E-state index in [9.17, 15) is 0 Å². The van der Waals surface area contributed by atoms with Gasteiger partial charge in [0, 0.05) is 31.0 Å². The topological polar surface area (TPSA) is 38.2 Å². The molecule has 0 saturated heterocycles. The predicted octanol–water partition coefficient (Wildman–Crippen LogP) is 3.00. The van der Waals surface area contributed by atoms with Crippen LogP contribution in [-0.2, 0) is 0 Å². The zero-order valence-corrected chi connectivity index (χ0v) is 11.6. The first-order chi connectivity index (χ1) is 9.28. The van der Waals surface area contributed by atoms with Crippen molar-refractivity contribution >= 4 is 5.95 Å². The van der Waals surface area contributed by atoms with E-state index in [1.54, 1.807) is 7.11 Å². The van der Waals surface area contributed by atoms with E-state index >= 15 is 0 Å². The van der Waals surface area contributed by atoms with Gasteiger partial charge in [0.2, 0.25) is 5.95 Å². The number of rotatable bonds is 5. The monoisotopic (exact) mass is 257 g/mol. The second-order valence-corrected chi connectivity index (χ2v) is 4.17. The van der Waals surface area contributed by atoms with Gasteiger partial charge in [0.1, 0.15) is 5.75 Å². The molecule has 4 heteroatoms. The van der Waals surface area contributed by atoms with E-state index in [1.807, 2.05) is 36.7 Å². The molecule has 1 heterocycles. The maximum Gasteiger partial charge on any atom is 0.225 e. The van der Waals surface area contributed by atoms with Gasteiger partial charge in [-0.15, -0.1) is 0 Å². The van der Waals surface area contributed by atoms with Crippen LogP contribution in [0.5, 0.6) is 5.75 Å². The standard InChI is InChI=1S/C15H19N3O/c1-4-18(5-2)15-16-10-13(11-17-15)12-6-8-14(19-3)9-7-12/h6-11H,4-5H2,1-3H3. The first-order valence-electron chi connectivity index (χ1n) is 6.49. The Kier molecular flexibility index (Phi) is 4.34. The van der Waals surface area contributed by atoms with E-state index in [-0.39, 0.29) is 0 Å². The average Bonchev–Trinajstić information content (AvgIpc) is 2.49. The quantitative estimate of drug-likeness (QED) is 0.825. The van der Waals surface area contributed by atoms with Crippen molar-refractivity contribution in [1.29, 1.82) is 0 Å². The van der Waals surface area contributed by atoms with Crippen LogP contribution in [0.25, 0.3) is 11.1 Å². The molecule has 1 aromatic heterocycles. The van der Waals surface area contributed by atoms with Crippen LogP contribution >= 0.6 is 0 Å². The molecule has 0 unspecified atom stereocenters. The molecular formula is C15H19N3O. The maximum absolute atomic E-state index is 5.15. The van der Waals surface area contributed by atoms with Gasteiger partial charge in [-0.05, 0) is 31.5 Å². The number of benzene rings is 1. The molecule has 1 aromatic carbocycles. The number of methoxy groups -OCH3 is 1. The highest BCUT2D eigenvalue weighted by molar-refractivity contribution is 5.62. The van der Waals surface area contributed by atoms with Crippen molar-refractivity contribution in [3.05, 3.63) is 36.7 Å². The summed E-state index contributed by atoms with van der Waals surface area (Å²) in [7, 11) is 1.66. The first-order valence-corrected chi connectivity index (χ1v) is 6.49. The third-order valence-corrected chi connectivity index (χ3v) is 3.11. The smallest absolute Gasteiger partial charge is 0.225 e. The van der Waals surface area contributed by atoms with E-state index in [0.717, 1.165) is 35.9 Å². The van der Waals surface area contributed by atoms with Gasteiger partial charge in [-0.3, -0.25) is 0 Å². The van der Waals surface area contributed by atoms with Gasteiger partial charge < -0.3 is 9.64 Å². The summed E-state index contributed by atoms with van der Waals surface area (Å²) in [5.74, 6) is 1.63. The van der Waals surface area contributed by atoms with Crippen molar-refractivity contribution in [1.82, 2.24) is 9.97 Å².